The molecule has 0 fully saturated rings. The number of nitrogens with one attached hydrogen (secondary N) is 1. The first-order valence-corrected chi connectivity index (χ1v) is 8.15. The zero-order valence-corrected chi connectivity index (χ0v) is 14.0. The quantitative estimate of drug-likeness (QED) is 0.672. The number of pyridine rings is 1. The normalized spacial score (nSPS) is 11.0. The van der Waals surface area contributed by atoms with Gasteiger partial charge in [-0.05, 0) is 48.9 Å². The van der Waals surface area contributed by atoms with E-state index in [0.29, 0.717) is 13.2 Å². The summed E-state index contributed by atoms with van der Waals surface area (Å²) in [5.41, 5.74) is 2.54. The molecule has 1 N–H and O–H groups in total. The van der Waals surface area contributed by atoms with Gasteiger partial charge in [-0.15, -0.1) is 0 Å². The van der Waals surface area contributed by atoms with E-state index in [1.807, 2.05) is 29.0 Å². The number of amides is 1. The van der Waals surface area contributed by atoms with Crippen LogP contribution in [-0.2, 0) is 16.1 Å². The topological polar surface area (TPSA) is 56.1 Å². The van der Waals surface area contributed by atoms with Crippen molar-refractivity contribution in [2.45, 2.75) is 13.0 Å². The number of hydrogen-bond acceptors (Lipinski definition) is 3. The molecule has 2 aliphatic rings. The molecule has 1 aromatic carbocycles. The zero-order valence-electron chi connectivity index (χ0n) is 14.0. The summed E-state index contributed by atoms with van der Waals surface area (Å²) in [7, 11) is 1.64. The third-order valence-corrected chi connectivity index (χ3v) is 3.89. The van der Waals surface area contributed by atoms with Crippen LogP contribution in [0.15, 0.2) is 48.7 Å². The minimum atomic E-state index is -0.278. The van der Waals surface area contributed by atoms with E-state index >= 15 is 0 Å². The van der Waals surface area contributed by atoms with Crippen LogP contribution in [0.25, 0.3) is 22.6 Å². The first-order chi connectivity index (χ1) is 12.2. The number of rotatable bonds is 7. The molecule has 6 heteroatoms. The lowest BCUT2D eigenvalue weighted by Crippen LogP contribution is -2.29. The van der Waals surface area contributed by atoms with Gasteiger partial charge in [0.25, 0.3) is 0 Å². The highest BCUT2D eigenvalue weighted by molar-refractivity contribution is 5.77. The molecule has 0 saturated carbocycles. The summed E-state index contributed by atoms with van der Waals surface area (Å²) >= 11 is 0. The fourth-order valence-corrected chi connectivity index (χ4v) is 2.65. The van der Waals surface area contributed by atoms with Gasteiger partial charge < -0.3 is 14.6 Å². The van der Waals surface area contributed by atoms with Gasteiger partial charge in [-0.2, -0.15) is 0 Å². The standard InChI is InChI=1S/C19H20FN3O2/c1-25-11-3-9-21-18(24)13-23-10-2-4-15-12-17(22-19(15)23)14-5-7-16(20)8-6-14/h2,4-8,10,12H,3,9,11,13H2,1H3,(H,21,24). The fourth-order valence-electron chi connectivity index (χ4n) is 2.65. The number of benzene rings is 1. The molecule has 0 aliphatic carbocycles. The SMILES string of the molecule is COCCCNC(=O)Cn1cccc2cc(-c3ccc(F)cc3)nc1-2. The van der Waals surface area contributed by atoms with Crippen LogP contribution in [0, 0.1) is 5.82 Å². The van der Waals surface area contributed by atoms with E-state index in [9.17, 15) is 9.18 Å². The molecule has 25 heavy (non-hydrogen) atoms. The maximum Gasteiger partial charge on any atom is 0.239 e. The predicted molar refractivity (Wildman–Crippen MR) is 93.7 cm³/mol. The molecular weight excluding hydrogens is 321 g/mol. The van der Waals surface area contributed by atoms with Crippen molar-refractivity contribution in [3.05, 3.63) is 54.5 Å². The van der Waals surface area contributed by atoms with Crippen LogP contribution in [0.5, 0.6) is 0 Å². The summed E-state index contributed by atoms with van der Waals surface area (Å²) in [6.07, 6.45) is 2.61. The Morgan fingerprint density at radius 2 is 2.04 bits per heavy atom. The Kier molecular flexibility index (Phi) is 5.40. The van der Waals surface area contributed by atoms with Gasteiger partial charge in [0.05, 0.1) is 5.69 Å². The molecule has 5 nitrogen and oxygen atoms in total. The van der Waals surface area contributed by atoms with E-state index < -0.39 is 0 Å². The lowest BCUT2D eigenvalue weighted by Gasteiger charge is -2.11. The van der Waals surface area contributed by atoms with Gasteiger partial charge in [-0.1, -0.05) is 0 Å². The third-order valence-electron chi connectivity index (χ3n) is 3.89. The van der Waals surface area contributed by atoms with Gasteiger partial charge in [0.15, 0.2) is 0 Å². The Balaban J connectivity index is 1.76. The Bertz CT molecular complexity index is 814. The van der Waals surface area contributed by atoms with Crippen LogP contribution in [0.3, 0.4) is 0 Å². The highest BCUT2D eigenvalue weighted by Gasteiger charge is 2.14. The Labute approximate surface area is 145 Å². The van der Waals surface area contributed by atoms with Crippen LogP contribution >= 0.6 is 0 Å². The molecule has 1 amide bonds. The lowest BCUT2D eigenvalue weighted by atomic mass is 10.1. The summed E-state index contributed by atoms with van der Waals surface area (Å²) in [5, 5.41) is 2.87. The van der Waals surface area contributed by atoms with Crippen LogP contribution in [0.2, 0.25) is 0 Å². The zero-order chi connectivity index (χ0) is 17.6. The smallest absolute Gasteiger partial charge is 0.239 e. The van der Waals surface area contributed by atoms with Crippen molar-refractivity contribution in [2.24, 2.45) is 0 Å². The van der Waals surface area contributed by atoms with Gasteiger partial charge >= 0.3 is 0 Å². The molecule has 0 radical (unpaired) electrons. The minimum Gasteiger partial charge on any atom is -0.385 e. The Morgan fingerprint density at radius 1 is 1.24 bits per heavy atom. The van der Waals surface area contributed by atoms with E-state index in [0.717, 1.165) is 29.1 Å². The molecule has 0 spiro atoms. The number of fused-ring (bicyclic) bond motifs is 1. The predicted octanol–water partition coefficient (Wildman–Crippen LogP) is 2.95. The molecule has 3 rings (SSSR count). The Hall–Kier alpha value is -2.73. The fraction of sp³-hybridized carbons (Fsp3) is 0.263. The summed E-state index contributed by atoms with van der Waals surface area (Å²) in [6, 6.07) is 12.0. The van der Waals surface area contributed by atoms with Crippen molar-refractivity contribution >= 4 is 5.91 Å². The van der Waals surface area contributed by atoms with Crippen LogP contribution in [0.1, 0.15) is 6.42 Å². The molecule has 1 aromatic rings. The number of carbonyl (C=O) groups is 1. The Morgan fingerprint density at radius 3 is 2.80 bits per heavy atom. The number of ether oxygens (including phenoxy) is 1. The van der Waals surface area contributed by atoms with Crippen molar-refractivity contribution in [1.82, 2.24) is 14.9 Å². The number of aromatic nitrogens is 2. The average molecular weight is 341 g/mol. The molecule has 2 heterocycles. The summed E-state index contributed by atoms with van der Waals surface area (Å²) in [4.78, 5) is 16.7. The largest absolute Gasteiger partial charge is 0.385 e. The third kappa shape index (κ3) is 4.22. The van der Waals surface area contributed by atoms with Gasteiger partial charge in [0.1, 0.15) is 18.2 Å². The van der Waals surface area contributed by atoms with Crippen molar-refractivity contribution < 1.29 is 13.9 Å². The number of carbonyl (C=O) groups excluding carboxylic acids is 1. The second kappa shape index (κ2) is 7.90. The van der Waals surface area contributed by atoms with Crippen molar-refractivity contribution in [3.8, 4) is 22.6 Å². The summed E-state index contributed by atoms with van der Waals surface area (Å²) < 4.78 is 19.9. The maximum atomic E-state index is 13.1. The lowest BCUT2D eigenvalue weighted by molar-refractivity contribution is -0.121. The van der Waals surface area contributed by atoms with E-state index in [-0.39, 0.29) is 18.3 Å². The second-order valence-corrected chi connectivity index (χ2v) is 5.76. The van der Waals surface area contributed by atoms with E-state index in [1.165, 1.54) is 12.1 Å². The molecule has 130 valence electrons. The van der Waals surface area contributed by atoms with Crippen LogP contribution in [-0.4, -0.2) is 35.7 Å². The highest BCUT2D eigenvalue weighted by atomic mass is 19.1. The van der Waals surface area contributed by atoms with E-state index in [4.69, 9.17) is 4.74 Å². The van der Waals surface area contributed by atoms with Crippen molar-refractivity contribution in [3.63, 3.8) is 0 Å². The van der Waals surface area contributed by atoms with E-state index in [1.54, 1.807) is 19.2 Å². The molecule has 0 atom stereocenters. The molecular formula is C19H20FN3O2. The number of nitrogens with zero attached hydrogens (tertiary/aromatic N) is 2. The van der Waals surface area contributed by atoms with Crippen molar-refractivity contribution in [2.75, 3.05) is 20.3 Å². The van der Waals surface area contributed by atoms with Gasteiger partial charge in [0.2, 0.25) is 5.91 Å². The molecule has 0 unspecified atom stereocenters. The first-order valence-electron chi connectivity index (χ1n) is 8.15. The summed E-state index contributed by atoms with van der Waals surface area (Å²) in [5.74, 6) is 0.383. The highest BCUT2D eigenvalue weighted by Crippen LogP contribution is 2.28. The first kappa shape index (κ1) is 17.1. The number of hydrogen-bond donors (Lipinski definition) is 1. The average Bonchev–Trinajstić information content (AvgIpc) is 3.05. The number of halogens is 1. The van der Waals surface area contributed by atoms with E-state index in [2.05, 4.69) is 10.3 Å². The van der Waals surface area contributed by atoms with Crippen molar-refractivity contribution in [1.29, 1.82) is 0 Å². The van der Waals surface area contributed by atoms with Crippen LogP contribution < -0.4 is 5.32 Å². The molecule has 0 bridgehead atoms. The summed E-state index contributed by atoms with van der Waals surface area (Å²) in [6.45, 7) is 1.40. The molecule has 0 aromatic heterocycles. The monoisotopic (exact) mass is 341 g/mol. The molecule has 2 aliphatic heterocycles. The second-order valence-electron chi connectivity index (χ2n) is 5.76. The number of methoxy groups -OCH3 is 1. The minimum absolute atomic E-state index is 0.0695. The maximum absolute atomic E-state index is 13.1. The van der Waals surface area contributed by atoms with Gasteiger partial charge in [0, 0.05) is 37.6 Å². The van der Waals surface area contributed by atoms with Crippen LogP contribution in [0.4, 0.5) is 4.39 Å². The molecule has 0 saturated heterocycles. The van der Waals surface area contributed by atoms with Gasteiger partial charge in [-0.25, -0.2) is 9.37 Å². The van der Waals surface area contributed by atoms with Gasteiger partial charge in [-0.3, -0.25) is 4.79 Å².